The number of ether oxygens (including phenoxy) is 1. The van der Waals surface area contributed by atoms with Crippen LogP contribution in [0.4, 0.5) is 5.69 Å². The van der Waals surface area contributed by atoms with Gasteiger partial charge in [-0.3, -0.25) is 4.79 Å². The van der Waals surface area contributed by atoms with Crippen LogP contribution in [0.25, 0.3) is 0 Å². The van der Waals surface area contributed by atoms with E-state index in [1.165, 1.54) is 0 Å². The van der Waals surface area contributed by atoms with Gasteiger partial charge < -0.3 is 20.7 Å². The first-order chi connectivity index (χ1) is 14.1. The number of halogens is 2. The molecule has 0 aromatic heterocycles. The minimum absolute atomic E-state index is 0. The van der Waals surface area contributed by atoms with E-state index < -0.39 is 0 Å². The quantitative estimate of drug-likeness (QED) is 0.277. The number of nitrogens with one attached hydrogen (secondary N) is 3. The van der Waals surface area contributed by atoms with Gasteiger partial charge in [0.25, 0.3) is 5.91 Å². The SMILES string of the molecule is CCNC(=NCc1cccc(Cl)c1)NCc1cccc(NC(=O)C2CCCO2)c1.I. The maximum absolute atomic E-state index is 12.2. The molecule has 1 amide bonds. The van der Waals surface area contributed by atoms with Crippen LogP contribution in [0.3, 0.4) is 0 Å². The summed E-state index contributed by atoms with van der Waals surface area (Å²) in [5, 5.41) is 10.2. The van der Waals surface area contributed by atoms with Gasteiger partial charge in [-0.1, -0.05) is 35.9 Å². The van der Waals surface area contributed by atoms with Crippen molar-refractivity contribution in [3.63, 3.8) is 0 Å². The summed E-state index contributed by atoms with van der Waals surface area (Å²) in [4.78, 5) is 16.8. The van der Waals surface area contributed by atoms with Crippen molar-refractivity contribution < 1.29 is 9.53 Å². The van der Waals surface area contributed by atoms with Crippen LogP contribution in [-0.2, 0) is 22.6 Å². The van der Waals surface area contributed by atoms with E-state index in [1.807, 2.05) is 55.5 Å². The van der Waals surface area contributed by atoms with Gasteiger partial charge in [-0.2, -0.15) is 0 Å². The van der Waals surface area contributed by atoms with Crippen molar-refractivity contribution >= 4 is 53.1 Å². The van der Waals surface area contributed by atoms with E-state index in [4.69, 9.17) is 16.3 Å². The molecule has 0 saturated carbocycles. The van der Waals surface area contributed by atoms with Crippen LogP contribution in [0.1, 0.15) is 30.9 Å². The lowest BCUT2D eigenvalue weighted by atomic mass is 10.2. The molecule has 3 rings (SSSR count). The molecule has 3 N–H and O–H groups in total. The first kappa shape index (κ1) is 24.4. The van der Waals surface area contributed by atoms with Crippen LogP contribution < -0.4 is 16.0 Å². The maximum atomic E-state index is 12.2. The number of guanidine groups is 1. The summed E-state index contributed by atoms with van der Waals surface area (Å²) < 4.78 is 5.44. The van der Waals surface area contributed by atoms with Gasteiger partial charge in [-0.15, -0.1) is 24.0 Å². The standard InChI is InChI=1S/C22H27ClN4O2.HI/c1-2-24-22(25-14-16-6-3-8-18(23)12-16)26-15-17-7-4-9-19(13-17)27-21(28)20-10-5-11-29-20;/h3-4,6-9,12-13,20H,2,5,10-11,14-15H2,1H3,(H,27,28)(H2,24,25,26);1H. The zero-order valence-corrected chi connectivity index (χ0v) is 20.1. The lowest BCUT2D eigenvalue weighted by Crippen LogP contribution is -2.36. The van der Waals surface area contributed by atoms with Crippen molar-refractivity contribution in [2.24, 2.45) is 4.99 Å². The third-order valence-electron chi connectivity index (χ3n) is 4.53. The summed E-state index contributed by atoms with van der Waals surface area (Å²) >= 11 is 6.04. The number of amides is 1. The maximum Gasteiger partial charge on any atom is 0.253 e. The smallest absolute Gasteiger partial charge is 0.253 e. The van der Waals surface area contributed by atoms with Crippen molar-refractivity contribution in [3.05, 3.63) is 64.7 Å². The Labute approximate surface area is 199 Å². The molecule has 2 aromatic rings. The largest absolute Gasteiger partial charge is 0.368 e. The highest BCUT2D eigenvalue weighted by atomic mass is 127. The molecule has 0 bridgehead atoms. The van der Waals surface area contributed by atoms with E-state index in [0.717, 1.165) is 42.2 Å². The normalized spacial score (nSPS) is 15.9. The Morgan fingerprint density at radius 1 is 1.17 bits per heavy atom. The molecule has 1 atom stereocenters. The zero-order valence-electron chi connectivity index (χ0n) is 17.0. The average molecular weight is 543 g/mol. The third-order valence-corrected chi connectivity index (χ3v) is 4.76. The van der Waals surface area contributed by atoms with Gasteiger partial charge >= 0.3 is 0 Å². The van der Waals surface area contributed by atoms with E-state index in [-0.39, 0.29) is 36.0 Å². The van der Waals surface area contributed by atoms with Gasteiger partial charge in [-0.05, 0) is 55.2 Å². The van der Waals surface area contributed by atoms with Gasteiger partial charge in [0.05, 0.1) is 6.54 Å². The molecule has 1 fully saturated rings. The van der Waals surface area contributed by atoms with Crippen LogP contribution in [-0.4, -0.2) is 31.1 Å². The highest BCUT2D eigenvalue weighted by molar-refractivity contribution is 14.0. The number of benzene rings is 2. The Hall–Kier alpha value is -1.84. The van der Waals surface area contributed by atoms with Crippen molar-refractivity contribution in [2.45, 2.75) is 39.0 Å². The fourth-order valence-corrected chi connectivity index (χ4v) is 3.31. The molecule has 1 heterocycles. The summed E-state index contributed by atoms with van der Waals surface area (Å²) in [6.07, 6.45) is 1.38. The average Bonchev–Trinajstić information content (AvgIpc) is 3.25. The number of carbonyl (C=O) groups excluding carboxylic acids is 1. The number of carbonyl (C=O) groups is 1. The molecular formula is C22H28ClIN4O2. The number of aliphatic imine (C=N–C) groups is 1. The van der Waals surface area contributed by atoms with E-state index in [2.05, 4.69) is 20.9 Å². The molecule has 0 radical (unpaired) electrons. The van der Waals surface area contributed by atoms with Gasteiger partial charge in [0.1, 0.15) is 6.10 Å². The Morgan fingerprint density at radius 2 is 1.97 bits per heavy atom. The van der Waals surface area contributed by atoms with Crippen LogP contribution in [0.2, 0.25) is 5.02 Å². The second-order valence-electron chi connectivity index (χ2n) is 6.87. The lowest BCUT2D eigenvalue weighted by molar-refractivity contribution is -0.124. The van der Waals surface area contributed by atoms with Crippen molar-refractivity contribution in [1.82, 2.24) is 10.6 Å². The number of hydrogen-bond donors (Lipinski definition) is 3. The van der Waals surface area contributed by atoms with Crippen LogP contribution >= 0.6 is 35.6 Å². The molecule has 0 spiro atoms. The van der Waals surface area contributed by atoms with Crippen LogP contribution in [0, 0.1) is 0 Å². The molecule has 1 aliphatic rings. The summed E-state index contributed by atoms with van der Waals surface area (Å²) in [6.45, 7) is 4.57. The second kappa shape index (κ2) is 12.8. The Morgan fingerprint density at radius 3 is 2.70 bits per heavy atom. The highest BCUT2D eigenvalue weighted by Gasteiger charge is 2.23. The highest BCUT2D eigenvalue weighted by Crippen LogP contribution is 2.16. The van der Waals surface area contributed by atoms with Gasteiger partial charge in [0, 0.05) is 30.4 Å². The topological polar surface area (TPSA) is 74.8 Å². The summed E-state index contributed by atoms with van der Waals surface area (Å²) in [5.41, 5.74) is 2.86. The first-order valence-corrected chi connectivity index (χ1v) is 10.3. The molecule has 6 nitrogen and oxygen atoms in total. The molecule has 162 valence electrons. The Kier molecular flexibility index (Phi) is 10.4. The van der Waals surface area contributed by atoms with E-state index in [1.54, 1.807) is 0 Å². The lowest BCUT2D eigenvalue weighted by Gasteiger charge is -2.13. The first-order valence-electron chi connectivity index (χ1n) is 9.92. The fourth-order valence-electron chi connectivity index (χ4n) is 3.10. The molecule has 1 aliphatic heterocycles. The summed E-state index contributed by atoms with van der Waals surface area (Å²) in [5.74, 6) is 0.644. The molecular weight excluding hydrogens is 515 g/mol. The minimum Gasteiger partial charge on any atom is -0.368 e. The summed E-state index contributed by atoms with van der Waals surface area (Å²) in [6, 6.07) is 15.5. The van der Waals surface area contributed by atoms with Crippen LogP contribution in [0.15, 0.2) is 53.5 Å². The fraction of sp³-hybridized carbons (Fsp3) is 0.364. The van der Waals surface area contributed by atoms with Gasteiger partial charge in [0.2, 0.25) is 0 Å². The van der Waals surface area contributed by atoms with E-state index >= 15 is 0 Å². The monoisotopic (exact) mass is 542 g/mol. The molecule has 1 saturated heterocycles. The number of nitrogens with zero attached hydrogens (tertiary/aromatic N) is 1. The number of rotatable bonds is 7. The van der Waals surface area contributed by atoms with Crippen molar-refractivity contribution in [3.8, 4) is 0 Å². The van der Waals surface area contributed by atoms with E-state index in [0.29, 0.717) is 24.7 Å². The van der Waals surface area contributed by atoms with Gasteiger partial charge in [0.15, 0.2) is 5.96 Å². The van der Waals surface area contributed by atoms with E-state index in [9.17, 15) is 4.79 Å². The van der Waals surface area contributed by atoms with Crippen molar-refractivity contribution in [2.75, 3.05) is 18.5 Å². The zero-order chi connectivity index (χ0) is 20.5. The van der Waals surface area contributed by atoms with Gasteiger partial charge in [-0.25, -0.2) is 4.99 Å². The van der Waals surface area contributed by atoms with Crippen LogP contribution in [0.5, 0.6) is 0 Å². The number of hydrogen-bond acceptors (Lipinski definition) is 3. The predicted molar refractivity (Wildman–Crippen MR) is 133 cm³/mol. The molecule has 8 heteroatoms. The number of anilines is 1. The second-order valence-corrected chi connectivity index (χ2v) is 7.31. The Bertz CT molecular complexity index is 857. The van der Waals surface area contributed by atoms with Crippen molar-refractivity contribution in [1.29, 1.82) is 0 Å². The minimum atomic E-state index is -0.337. The molecule has 0 aliphatic carbocycles. The Balaban J connectivity index is 0.00000320. The molecule has 30 heavy (non-hydrogen) atoms. The molecule has 1 unspecified atom stereocenters. The third kappa shape index (κ3) is 7.77. The molecule has 2 aromatic carbocycles. The summed E-state index contributed by atoms with van der Waals surface area (Å²) in [7, 11) is 0. The predicted octanol–water partition coefficient (Wildman–Crippen LogP) is 4.33.